The highest BCUT2D eigenvalue weighted by Crippen LogP contribution is 2.29. The van der Waals surface area contributed by atoms with Crippen LogP contribution in [0.2, 0.25) is 0 Å². The van der Waals surface area contributed by atoms with Crippen molar-refractivity contribution in [1.82, 2.24) is 29.9 Å². The Labute approximate surface area is 111 Å². The number of anilines is 1. The fraction of sp³-hybridized carbons (Fsp3) is 0.667. The van der Waals surface area contributed by atoms with Gasteiger partial charge in [-0.05, 0) is 36.2 Å². The number of tetrazole rings is 1. The fourth-order valence-electron chi connectivity index (χ4n) is 3.38. The van der Waals surface area contributed by atoms with E-state index in [9.17, 15) is 0 Å². The number of hydrogen-bond acceptors (Lipinski definition) is 6. The Hall–Kier alpha value is -1.76. The molecule has 4 heterocycles. The molecule has 7 nitrogen and oxygen atoms in total. The first-order valence-corrected chi connectivity index (χ1v) is 6.94. The number of hydrogen-bond donors (Lipinski definition) is 1. The summed E-state index contributed by atoms with van der Waals surface area (Å²) in [6.45, 7) is 2.44. The normalized spacial score (nSPS) is 27.6. The first kappa shape index (κ1) is 11.1. The molecule has 2 aliphatic heterocycles. The number of nitrogens with one attached hydrogen (secondary N) is 1. The van der Waals surface area contributed by atoms with E-state index in [2.05, 4.69) is 30.7 Å². The largest absolute Gasteiger partial charge is 0.364 e. The summed E-state index contributed by atoms with van der Waals surface area (Å²) in [5.74, 6) is 0.889. The van der Waals surface area contributed by atoms with Gasteiger partial charge >= 0.3 is 0 Å². The van der Waals surface area contributed by atoms with Gasteiger partial charge in [-0.15, -0.1) is 5.10 Å². The second-order valence-corrected chi connectivity index (χ2v) is 5.38. The third-order valence-electron chi connectivity index (χ3n) is 4.30. The van der Waals surface area contributed by atoms with Gasteiger partial charge in [0.25, 0.3) is 0 Å². The molecule has 19 heavy (non-hydrogen) atoms. The fourth-order valence-corrected chi connectivity index (χ4v) is 3.38. The molecule has 0 amide bonds. The van der Waals surface area contributed by atoms with Crippen LogP contribution in [0.25, 0.3) is 5.65 Å². The zero-order chi connectivity index (χ0) is 12.7. The van der Waals surface area contributed by atoms with Gasteiger partial charge < -0.3 is 5.32 Å². The van der Waals surface area contributed by atoms with Gasteiger partial charge in [-0.3, -0.25) is 9.88 Å². The van der Waals surface area contributed by atoms with E-state index in [1.165, 1.54) is 38.8 Å². The minimum atomic E-state index is 0.483. The highest BCUT2D eigenvalue weighted by Gasteiger charge is 2.35. The lowest BCUT2D eigenvalue weighted by molar-refractivity contribution is 0.192. The number of nitrogens with zero attached hydrogens (tertiary/aromatic N) is 6. The Balaban J connectivity index is 1.59. The quantitative estimate of drug-likeness (QED) is 0.849. The van der Waals surface area contributed by atoms with E-state index in [-0.39, 0.29) is 0 Å². The molecule has 2 atom stereocenters. The topological polar surface area (TPSA) is 71.2 Å². The summed E-state index contributed by atoms with van der Waals surface area (Å²) >= 11 is 0. The van der Waals surface area contributed by atoms with E-state index in [0.717, 1.165) is 5.82 Å². The van der Waals surface area contributed by atoms with Gasteiger partial charge in [-0.1, -0.05) is 6.42 Å². The van der Waals surface area contributed by atoms with Crippen molar-refractivity contribution in [3.8, 4) is 0 Å². The average molecular weight is 259 g/mol. The third-order valence-corrected chi connectivity index (χ3v) is 4.30. The molecule has 100 valence electrons. The molecule has 2 aromatic rings. The van der Waals surface area contributed by atoms with Crippen molar-refractivity contribution in [2.75, 3.05) is 18.4 Å². The van der Waals surface area contributed by atoms with Crippen LogP contribution in [0, 0.1) is 0 Å². The summed E-state index contributed by atoms with van der Waals surface area (Å²) < 4.78 is 1.72. The van der Waals surface area contributed by atoms with E-state index in [0.29, 0.717) is 17.7 Å². The number of aromatic nitrogens is 5. The molecular formula is C12H17N7. The summed E-state index contributed by atoms with van der Waals surface area (Å²) in [6, 6.07) is 1.14. The van der Waals surface area contributed by atoms with E-state index in [1.54, 1.807) is 16.9 Å². The summed E-state index contributed by atoms with van der Waals surface area (Å²) in [5, 5.41) is 15.2. The zero-order valence-corrected chi connectivity index (χ0v) is 10.7. The molecule has 2 aromatic heterocycles. The van der Waals surface area contributed by atoms with Crippen molar-refractivity contribution in [2.24, 2.45) is 0 Å². The van der Waals surface area contributed by atoms with Crippen molar-refractivity contribution < 1.29 is 0 Å². The predicted molar refractivity (Wildman–Crippen MR) is 69.8 cm³/mol. The minimum absolute atomic E-state index is 0.483. The predicted octanol–water partition coefficient (Wildman–Crippen LogP) is 0.558. The number of rotatable bonds is 2. The molecule has 7 heteroatoms. The molecule has 4 rings (SSSR count). The number of fused-ring (bicyclic) bond motifs is 2. The summed E-state index contributed by atoms with van der Waals surface area (Å²) in [4.78, 5) is 6.80. The van der Waals surface area contributed by atoms with Crippen LogP contribution in [-0.2, 0) is 0 Å². The highest BCUT2D eigenvalue weighted by molar-refractivity contribution is 5.44. The van der Waals surface area contributed by atoms with E-state index >= 15 is 0 Å². The first-order chi connectivity index (χ1) is 9.42. The molecule has 0 radical (unpaired) electrons. The first-order valence-electron chi connectivity index (χ1n) is 6.94. The van der Waals surface area contributed by atoms with Crippen LogP contribution in [0.1, 0.15) is 25.7 Å². The van der Waals surface area contributed by atoms with Gasteiger partial charge in [0.2, 0.25) is 0 Å². The Kier molecular flexibility index (Phi) is 2.58. The third kappa shape index (κ3) is 1.85. The smallest absolute Gasteiger partial charge is 0.199 e. The van der Waals surface area contributed by atoms with Gasteiger partial charge in [-0.2, -0.15) is 4.52 Å². The Bertz CT molecular complexity index is 580. The summed E-state index contributed by atoms with van der Waals surface area (Å²) in [5.41, 5.74) is 0.684. The van der Waals surface area contributed by atoms with Crippen LogP contribution in [0.15, 0.2) is 12.4 Å². The molecule has 0 spiro atoms. The van der Waals surface area contributed by atoms with Gasteiger partial charge in [0.1, 0.15) is 0 Å². The second-order valence-electron chi connectivity index (χ2n) is 5.38. The Morgan fingerprint density at radius 3 is 3.16 bits per heavy atom. The van der Waals surface area contributed by atoms with E-state index in [1.807, 2.05) is 0 Å². The average Bonchev–Trinajstić information content (AvgIpc) is 3.06. The van der Waals surface area contributed by atoms with Crippen LogP contribution < -0.4 is 5.32 Å². The molecule has 0 aliphatic carbocycles. The van der Waals surface area contributed by atoms with Crippen LogP contribution in [0.5, 0.6) is 0 Å². The van der Waals surface area contributed by atoms with Crippen LogP contribution in [0.3, 0.4) is 0 Å². The van der Waals surface area contributed by atoms with Gasteiger partial charge in [-0.25, -0.2) is 0 Å². The molecule has 2 unspecified atom stereocenters. The molecule has 0 aromatic carbocycles. The molecule has 0 saturated carbocycles. The van der Waals surface area contributed by atoms with Crippen LogP contribution >= 0.6 is 0 Å². The zero-order valence-electron chi connectivity index (χ0n) is 10.7. The molecule has 2 saturated heterocycles. The van der Waals surface area contributed by atoms with Crippen molar-refractivity contribution in [2.45, 2.75) is 37.8 Å². The van der Waals surface area contributed by atoms with Crippen molar-refractivity contribution in [1.29, 1.82) is 0 Å². The lowest BCUT2D eigenvalue weighted by Gasteiger charge is -2.32. The molecular weight excluding hydrogens is 242 g/mol. The maximum Gasteiger partial charge on any atom is 0.199 e. The highest BCUT2D eigenvalue weighted by atomic mass is 15.5. The van der Waals surface area contributed by atoms with Crippen molar-refractivity contribution in [3.05, 3.63) is 12.4 Å². The molecule has 0 bridgehead atoms. The summed E-state index contributed by atoms with van der Waals surface area (Å²) in [7, 11) is 0. The lowest BCUT2D eigenvalue weighted by Crippen LogP contribution is -2.42. The van der Waals surface area contributed by atoms with Crippen molar-refractivity contribution in [3.63, 3.8) is 0 Å². The maximum absolute atomic E-state index is 4.19. The lowest BCUT2D eigenvalue weighted by atomic mass is 9.99. The second kappa shape index (κ2) is 4.41. The van der Waals surface area contributed by atoms with Crippen LogP contribution in [0.4, 0.5) is 5.82 Å². The van der Waals surface area contributed by atoms with E-state index < -0.39 is 0 Å². The number of piperidine rings is 1. The Morgan fingerprint density at radius 2 is 2.16 bits per heavy atom. The van der Waals surface area contributed by atoms with E-state index in [4.69, 9.17) is 0 Å². The molecule has 2 aliphatic rings. The van der Waals surface area contributed by atoms with Crippen molar-refractivity contribution >= 4 is 11.5 Å². The molecule has 1 N–H and O–H groups in total. The SMILES string of the molecule is c1ncc2nnnn2c1NC1CCN2CCCCC12. The van der Waals surface area contributed by atoms with Gasteiger partial charge in [0, 0.05) is 18.6 Å². The Morgan fingerprint density at radius 1 is 1.16 bits per heavy atom. The standard InChI is InChI=1S/C12H17N7/c1-2-5-18-6-4-9(10(18)3-1)14-11-7-13-8-12-15-16-17-19(11)12/h7-10,14H,1-6H2. The monoisotopic (exact) mass is 259 g/mol. The van der Waals surface area contributed by atoms with Gasteiger partial charge in [0.15, 0.2) is 11.5 Å². The van der Waals surface area contributed by atoms with Crippen LogP contribution in [-0.4, -0.2) is 55.1 Å². The minimum Gasteiger partial charge on any atom is -0.364 e. The summed E-state index contributed by atoms with van der Waals surface area (Å²) in [6.07, 6.45) is 8.63. The molecule has 2 fully saturated rings. The maximum atomic E-state index is 4.19. The van der Waals surface area contributed by atoms with Gasteiger partial charge in [0.05, 0.1) is 12.4 Å².